The van der Waals surface area contributed by atoms with Gasteiger partial charge in [-0.25, -0.2) is 0 Å². The first kappa shape index (κ1) is 13.2. The maximum atomic E-state index is 10.0. The molecule has 2 heteroatoms. The van der Waals surface area contributed by atoms with Crippen molar-refractivity contribution in [2.24, 2.45) is 0 Å². The minimum atomic E-state index is -0.339. The third kappa shape index (κ3) is 3.95. The number of rotatable bonds is 6. The van der Waals surface area contributed by atoms with Crippen molar-refractivity contribution in [3.8, 4) is 0 Å². The van der Waals surface area contributed by atoms with Crippen LogP contribution in [0.2, 0.25) is 0 Å². The Hall–Kier alpha value is -0.860. The van der Waals surface area contributed by atoms with Gasteiger partial charge in [-0.3, -0.25) is 0 Å². The van der Waals surface area contributed by atoms with Gasteiger partial charge in [-0.15, -0.1) is 0 Å². The van der Waals surface area contributed by atoms with Gasteiger partial charge in [-0.2, -0.15) is 0 Å². The second-order valence-corrected chi connectivity index (χ2v) is 4.44. The van der Waals surface area contributed by atoms with E-state index in [4.69, 9.17) is 0 Å². The normalized spacial score (nSPS) is 13.4. The van der Waals surface area contributed by atoms with Crippen molar-refractivity contribution in [2.75, 3.05) is 13.1 Å². The molecule has 1 aromatic carbocycles. The van der Waals surface area contributed by atoms with E-state index in [2.05, 4.69) is 25.7 Å². The first-order valence-electron chi connectivity index (χ1n) is 6.12. The zero-order valence-corrected chi connectivity index (χ0v) is 10.6. The molecule has 0 bridgehead atoms. The number of hydrogen-bond acceptors (Lipinski definition) is 2. The fourth-order valence-electron chi connectivity index (χ4n) is 1.91. The number of nitrogens with zero attached hydrogens (tertiary/aromatic N) is 1. The van der Waals surface area contributed by atoms with Crippen LogP contribution in [0, 0.1) is 0 Å². The zero-order valence-electron chi connectivity index (χ0n) is 10.6. The Balaban J connectivity index is 2.43. The van der Waals surface area contributed by atoms with Crippen LogP contribution >= 0.6 is 0 Å². The highest BCUT2D eigenvalue weighted by molar-refractivity contribution is 5.17. The highest BCUT2D eigenvalue weighted by Gasteiger charge is 2.11. The molecule has 0 amide bonds. The highest BCUT2D eigenvalue weighted by atomic mass is 16.3. The first-order chi connectivity index (χ1) is 7.65. The van der Waals surface area contributed by atoms with Crippen LogP contribution in [0.3, 0.4) is 0 Å². The van der Waals surface area contributed by atoms with Gasteiger partial charge in [0.1, 0.15) is 0 Å². The second-order valence-electron chi connectivity index (χ2n) is 4.44. The van der Waals surface area contributed by atoms with Crippen molar-refractivity contribution in [2.45, 2.75) is 39.3 Å². The summed E-state index contributed by atoms with van der Waals surface area (Å²) in [5.41, 5.74) is 1.02. The molecule has 2 nitrogen and oxygen atoms in total. The van der Waals surface area contributed by atoms with Crippen LogP contribution in [0.4, 0.5) is 0 Å². The Bertz CT molecular complexity index is 284. The minimum absolute atomic E-state index is 0.339. The number of hydrogen-bond donors (Lipinski definition) is 1. The third-order valence-electron chi connectivity index (χ3n) is 3.01. The predicted molar refractivity (Wildman–Crippen MR) is 68.4 cm³/mol. The Morgan fingerprint density at radius 3 is 2.31 bits per heavy atom. The fourth-order valence-corrected chi connectivity index (χ4v) is 1.91. The van der Waals surface area contributed by atoms with Gasteiger partial charge >= 0.3 is 0 Å². The van der Waals surface area contributed by atoms with E-state index in [9.17, 15) is 5.11 Å². The Morgan fingerprint density at radius 1 is 1.19 bits per heavy atom. The molecule has 1 aromatic rings. The fraction of sp³-hybridized carbons (Fsp3) is 0.571. The van der Waals surface area contributed by atoms with Crippen LogP contribution in [-0.4, -0.2) is 29.1 Å². The van der Waals surface area contributed by atoms with Gasteiger partial charge in [0.25, 0.3) is 0 Å². The SMILES string of the molecule is CCN(CCC(O)c1ccccc1)C(C)C. The lowest BCUT2D eigenvalue weighted by Gasteiger charge is -2.25. The van der Waals surface area contributed by atoms with E-state index < -0.39 is 0 Å². The van der Waals surface area contributed by atoms with E-state index >= 15 is 0 Å². The van der Waals surface area contributed by atoms with E-state index in [1.165, 1.54) is 0 Å². The van der Waals surface area contributed by atoms with Gasteiger partial charge in [0.05, 0.1) is 6.10 Å². The molecule has 90 valence electrons. The maximum absolute atomic E-state index is 10.0. The summed E-state index contributed by atoms with van der Waals surface area (Å²) in [5, 5.41) is 10.0. The molecule has 0 spiro atoms. The number of aliphatic hydroxyl groups is 1. The molecule has 1 rings (SSSR count). The monoisotopic (exact) mass is 221 g/mol. The van der Waals surface area contributed by atoms with Crippen molar-refractivity contribution in [3.63, 3.8) is 0 Å². The van der Waals surface area contributed by atoms with Crippen molar-refractivity contribution in [1.82, 2.24) is 4.90 Å². The molecule has 1 unspecified atom stereocenters. The molecule has 0 heterocycles. The largest absolute Gasteiger partial charge is 0.388 e. The van der Waals surface area contributed by atoms with Gasteiger partial charge in [0, 0.05) is 12.6 Å². The lowest BCUT2D eigenvalue weighted by atomic mass is 10.1. The molecule has 0 aliphatic rings. The Kier molecular flexibility index (Phi) is 5.50. The highest BCUT2D eigenvalue weighted by Crippen LogP contribution is 2.16. The molecule has 0 saturated heterocycles. The van der Waals surface area contributed by atoms with E-state index in [0.717, 1.165) is 25.1 Å². The zero-order chi connectivity index (χ0) is 12.0. The van der Waals surface area contributed by atoms with Crippen LogP contribution in [0.1, 0.15) is 38.9 Å². The average Bonchev–Trinajstić information content (AvgIpc) is 2.30. The number of benzene rings is 1. The molecule has 0 saturated carbocycles. The molecule has 0 aromatic heterocycles. The molecule has 0 aliphatic heterocycles. The van der Waals surface area contributed by atoms with Crippen LogP contribution in [-0.2, 0) is 0 Å². The predicted octanol–water partition coefficient (Wildman–Crippen LogP) is 2.84. The summed E-state index contributed by atoms with van der Waals surface area (Å²) in [5.74, 6) is 0. The molecule has 0 aliphatic carbocycles. The quantitative estimate of drug-likeness (QED) is 0.798. The molecule has 1 N–H and O–H groups in total. The molecular formula is C14H23NO. The minimum Gasteiger partial charge on any atom is -0.388 e. The second kappa shape index (κ2) is 6.66. The lowest BCUT2D eigenvalue weighted by molar-refractivity contribution is 0.133. The Morgan fingerprint density at radius 2 is 1.81 bits per heavy atom. The summed E-state index contributed by atoms with van der Waals surface area (Å²) in [7, 11) is 0. The lowest BCUT2D eigenvalue weighted by Crippen LogP contribution is -2.32. The first-order valence-corrected chi connectivity index (χ1v) is 6.12. The van der Waals surface area contributed by atoms with Crippen LogP contribution in [0.15, 0.2) is 30.3 Å². The smallest absolute Gasteiger partial charge is 0.0802 e. The summed E-state index contributed by atoms with van der Waals surface area (Å²) in [4.78, 5) is 2.37. The van der Waals surface area contributed by atoms with E-state index in [1.807, 2.05) is 30.3 Å². The topological polar surface area (TPSA) is 23.5 Å². The molecular weight excluding hydrogens is 198 g/mol. The van der Waals surface area contributed by atoms with Crippen LogP contribution < -0.4 is 0 Å². The molecule has 1 atom stereocenters. The maximum Gasteiger partial charge on any atom is 0.0802 e. The summed E-state index contributed by atoms with van der Waals surface area (Å²) in [6.07, 6.45) is 0.463. The van der Waals surface area contributed by atoms with E-state index in [1.54, 1.807) is 0 Å². The van der Waals surface area contributed by atoms with Gasteiger partial charge in [-0.1, -0.05) is 37.3 Å². The van der Waals surface area contributed by atoms with Gasteiger partial charge in [0.2, 0.25) is 0 Å². The van der Waals surface area contributed by atoms with E-state index in [-0.39, 0.29) is 6.10 Å². The molecule has 16 heavy (non-hydrogen) atoms. The summed E-state index contributed by atoms with van der Waals surface area (Å²) < 4.78 is 0. The molecule has 0 radical (unpaired) electrons. The van der Waals surface area contributed by atoms with Gasteiger partial charge in [0.15, 0.2) is 0 Å². The van der Waals surface area contributed by atoms with Crippen LogP contribution in [0.5, 0.6) is 0 Å². The van der Waals surface area contributed by atoms with E-state index in [0.29, 0.717) is 6.04 Å². The van der Waals surface area contributed by atoms with Crippen molar-refractivity contribution < 1.29 is 5.11 Å². The van der Waals surface area contributed by atoms with Gasteiger partial charge < -0.3 is 10.0 Å². The summed E-state index contributed by atoms with van der Waals surface area (Å²) >= 11 is 0. The van der Waals surface area contributed by atoms with Crippen LogP contribution in [0.25, 0.3) is 0 Å². The summed E-state index contributed by atoms with van der Waals surface area (Å²) in [6.45, 7) is 8.54. The molecule has 0 fully saturated rings. The third-order valence-corrected chi connectivity index (χ3v) is 3.01. The average molecular weight is 221 g/mol. The van der Waals surface area contributed by atoms with Crippen molar-refractivity contribution in [3.05, 3.63) is 35.9 Å². The summed E-state index contributed by atoms with van der Waals surface area (Å²) in [6, 6.07) is 10.4. The number of aliphatic hydroxyl groups excluding tert-OH is 1. The Labute approximate surface area is 98.9 Å². The standard InChI is InChI=1S/C14H23NO/c1-4-15(12(2)3)11-10-14(16)13-8-6-5-7-9-13/h5-9,12,14,16H,4,10-11H2,1-3H3. The van der Waals surface area contributed by atoms with Crippen molar-refractivity contribution in [1.29, 1.82) is 0 Å². The van der Waals surface area contributed by atoms with Crippen molar-refractivity contribution >= 4 is 0 Å². The van der Waals surface area contributed by atoms with Gasteiger partial charge in [-0.05, 0) is 32.4 Å².